The molecule has 8 nitrogen and oxygen atoms in total. The highest BCUT2D eigenvalue weighted by Crippen LogP contribution is 2.17. The zero-order chi connectivity index (χ0) is 18.1. The number of carboxylic acids is 1. The molecule has 1 aromatic heterocycles. The van der Waals surface area contributed by atoms with E-state index < -0.39 is 5.97 Å². The highest BCUT2D eigenvalue weighted by Gasteiger charge is 2.08. The highest BCUT2D eigenvalue weighted by atomic mass is 16.4. The third kappa shape index (κ3) is 5.91. The first kappa shape index (κ1) is 18.4. The number of hydrogen-bond acceptors (Lipinski definition) is 7. The molecular formula is C17H24N6O2. The molecule has 0 spiro atoms. The lowest BCUT2D eigenvalue weighted by atomic mass is 10.2. The summed E-state index contributed by atoms with van der Waals surface area (Å²) in [5, 5.41) is 18.2. The number of nitrogens with zero attached hydrogens (tertiary/aromatic N) is 3. The Balaban J connectivity index is 2.08. The van der Waals surface area contributed by atoms with E-state index in [0.717, 1.165) is 13.0 Å². The minimum absolute atomic E-state index is 0.196. The molecule has 0 amide bonds. The Morgan fingerprint density at radius 2 is 1.84 bits per heavy atom. The smallest absolute Gasteiger partial charge is 0.335 e. The Hall–Kier alpha value is -2.90. The summed E-state index contributed by atoms with van der Waals surface area (Å²) >= 11 is 0. The van der Waals surface area contributed by atoms with Crippen molar-refractivity contribution in [3.63, 3.8) is 0 Å². The first-order valence-corrected chi connectivity index (χ1v) is 8.40. The van der Waals surface area contributed by atoms with Gasteiger partial charge in [0.05, 0.1) is 5.56 Å². The minimum atomic E-state index is -0.982. The van der Waals surface area contributed by atoms with E-state index in [1.807, 2.05) is 0 Å². The summed E-state index contributed by atoms with van der Waals surface area (Å²) in [6, 6.07) is 6.48. The second kappa shape index (κ2) is 9.41. The van der Waals surface area contributed by atoms with Crippen LogP contribution in [0.3, 0.4) is 0 Å². The molecule has 0 aliphatic heterocycles. The number of hydrogen-bond donors (Lipinski definition) is 4. The SMILES string of the molecule is CCCCCCNc1nc(NC)nc(Nc2cccc(C(=O)O)c2)n1. The van der Waals surface area contributed by atoms with Crippen LogP contribution < -0.4 is 16.0 Å². The molecule has 25 heavy (non-hydrogen) atoms. The van der Waals surface area contributed by atoms with Crippen molar-refractivity contribution in [3.8, 4) is 0 Å². The molecule has 134 valence electrons. The Bertz CT molecular complexity index is 707. The van der Waals surface area contributed by atoms with Gasteiger partial charge in [-0.1, -0.05) is 32.3 Å². The van der Waals surface area contributed by atoms with Gasteiger partial charge in [-0.3, -0.25) is 0 Å². The molecular weight excluding hydrogens is 320 g/mol. The maximum atomic E-state index is 11.1. The van der Waals surface area contributed by atoms with Crippen LogP contribution in [-0.2, 0) is 0 Å². The lowest BCUT2D eigenvalue weighted by Crippen LogP contribution is -2.10. The zero-order valence-corrected chi connectivity index (χ0v) is 14.5. The topological polar surface area (TPSA) is 112 Å². The number of carboxylic acid groups (broad SMARTS) is 1. The van der Waals surface area contributed by atoms with Crippen molar-refractivity contribution >= 4 is 29.5 Å². The van der Waals surface area contributed by atoms with Crippen molar-refractivity contribution in [2.75, 3.05) is 29.5 Å². The Kier molecular flexibility index (Phi) is 6.94. The number of carbonyl (C=O) groups is 1. The van der Waals surface area contributed by atoms with Crippen molar-refractivity contribution in [1.29, 1.82) is 0 Å². The lowest BCUT2D eigenvalue weighted by Gasteiger charge is -2.10. The van der Waals surface area contributed by atoms with E-state index in [1.54, 1.807) is 19.2 Å². The molecule has 2 aromatic rings. The quantitative estimate of drug-likeness (QED) is 0.485. The molecule has 0 saturated heterocycles. The Labute approximate surface area is 147 Å². The van der Waals surface area contributed by atoms with Gasteiger partial charge in [0.15, 0.2) is 0 Å². The van der Waals surface area contributed by atoms with Gasteiger partial charge >= 0.3 is 5.97 Å². The molecule has 2 rings (SSSR count). The Morgan fingerprint density at radius 3 is 2.56 bits per heavy atom. The van der Waals surface area contributed by atoms with E-state index in [1.165, 1.54) is 31.4 Å². The van der Waals surface area contributed by atoms with Crippen molar-refractivity contribution in [2.45, 2.75) is 32.6 Å². The fraction of sp³-hybridized carbons (Fsp3) is 0.412. The summed E-state index contributed by atoms with van der Waals surface area (Å²) in [6.07, 6.45) is 4.63. The van der Waals surface area contributed by atoms with Gasteiger partial charge in [-0.15, -0.1) is 0 Å². The van der Waals surface area contributed by atoms with Crippen LogP contribution in [0.5, 0.6) is 0 Å². The fourth-order valence-corrected chi connectivity index (χ4v) is 2.23. The van der Waals surface area contributed by atoms with Crippen LogP contribution in [0.1, 0.15) is 43.0 Å². The maximum Gasteiger partial charge on any atom is 0.335 e. The predicted molar refractivity (Wildman–Crippen MR) is 98.7 cm³/mol. The lowest BCUT2D eigenvalue weighted by molar-refractivity contribution is 0.0697. The number of aromatic nitrogens is 3. The molecule has 0 atom stereocenters. The van der Waals surface area contributed by atoms with E-state index in [2.05, 4.69) is 37.8 Å². The van der Waals surface area contributed by atoms with E-state index in [-0.39, 0.29) is 5.56 Å². The first-order chi connectivity index (χ1) is 12.1. The maximum absolute atomic E-state index is 11.1. The van der Waals surface area contributed by atoms with Gasteiger partial charge in [0.1, 0.15) is 0 Å². The van der Waals surface area contributed by atoms with Crippen molar-refractivity contribution in [1.82, 2.24) is 15.0 Å². The van der Waals surface area contributed by atoms with Gasteiger partial charge in [-0.25, -0.2) is 4.79 Å². The minimum Gasteiger partial charge on any atom is -0.478 e. The van der Waals surface area contributed by atoms with Crippen molar-refractivity contribution in [3.05, 3.63) is 29.8 Å². The number of unbranched alkanes of at least 4 members (excludes halogenated alkanes) is 3. The van der Waals surface area contributed by atoms with Gasteiger partial charge < -0.3 is 21.1 Å². The molecule has 1 aromatic carbocycles. The predicted octanol–water partition coefficient (Wildman–Crippen LogP) is 3.35. The summed E-state index contributed by atoms with van der Waals surface area (Å²) < 4.78 is 0. The third-order valence-corrected chi connectivity index (χ3v) is 3.54. The normalized spacial score (nSPS) is 10.3. The molecule has 0 saturated carbocycles. The molecule has 8 heteroatoms. The summed E-state index contributed by atoms with van der Waals surface area (Å²) in [6.45, 7) is 2.97. The van der Waals surface area contributed by atoms with Crippen LogP contribution in [0, 0.1) is 0 Å². The molecule has 0 radical (unpaired) electrons. The van der Waals surface area contributed by atoms with Crippen molar-refractivity contribution < 1.29 is 9.90 Å². The van der Waals surface area contributed by atoms with E-state index in [9.17, 15) is 4.79 Å². The summed E-state index contributed by atoms with van der Waals surface area (Å²) in [5.74, 6) is 0.276. The average molecular weight is 344 g/mol. The van der Waals surface area contributed by atoms with Gasteiger partial charge in [0.25, 0.3) is 0 Å². The van der Waals surface area contributed by atoms with Crippen LogP contribution in [0.15, 0.2) is 24.3 Å². The van der Waals surface area contributed by atoms with Crippen LogP contribution >= 0.6 is 0 Å². The van der Waals surface area contributed by atoms with Crippen LogP contribution in [0.25, 0.3) is 0 Å². The number of rotatable bonds is 10. The third-order valence-electron chi connectivity index (χ3n) is 3.54. The molecule has 4 N–H and O–H groups in total. The van der Waals surface area contributed by atoms with Crippen molar-refractivity contribution in [2.24, 2.45) is 0 Å². The number of nitrogens with one attached hydrogen (secondary N) is 3. The molecule has 0 bridgehead atoms. The molecule has 1 heterocycles. The van der Waals surface area contributed by atoms with E-state index >= 15 is 0 Å². The highest BCUT2D eigenvalue weighted by molar-refractivity contribution is 5.89. The molecule has 0 unspecified atom stereocenters. The second-order valence-electron chi connectivity index (χ2n) is 5.55. The zero-order valence-electron chi connectivity index (χ0n) is 14.5. The van der Waals surface area contributed by atoms with Gasteiger partial charge in [-0.05, 0) is 24.6 Å². The number of benzene rings is 1. The van der Waals surface area contributed by atoms with Crippen LogP contribution in [0.4, 0.5) is 23.5 Å². The summed E-state index contributed by atoms with van der Waals surface area (Å²) in [4.78, 5) is 23.9. The second-order valence-corrected chi connectivity index (χ2v) is 5.55. The Morgan fingerprint density at radius 1 is 1.08 bits per heavy atom. The largest absolute Gasteiger partial charge is 0.478 e. The number of aromatic carboxylic acids is 1. The van der Waals surface area contributed by atoms with Gasteiger partial charge in [0, 0.05) is 19.3 Å². The van der Waals surface area contributed by atoms with E-state index in [4.69, 9.17) is 5.11 Å². The first-order valence-electron chi connectivity index (χ1n) is 8.40. The molecule has 0 aliphatic rings. The standard InChI is InChI=1S/C17H24N6O2/c1-3-4-5-6-10-19-16-21-15(18-2)22-17(23-16)20-13-9-7-8-12(11-13)14(24)25/h7-9,11H,3-6,10H2,1-2H3,(H,24,25)(H3,18,19,20,21,22,23). The van der Waals surface area contributed by atoms with Gasteiger partial charge in [-0.2, -0.15) is 15.0 Å². The number of anilines is 4. The van der Waals surface area contributed by atoms with Crippen LogP contribution in [-0.4, -0.2) is 39.6 Å². The van der Waals surface area contributed by atoms with E-state index in [0.29, 0.717) is 23.5 Å². The fourth-order valence-electron chi connectivity index (χ4n) is 2.23. The molecule has 0 fully saturated rings. The average Bonchev–Trinajstić information content (AvgIpc) is 2.61. The van der Waals surface area contributed by atoms with Crippen LogP contribution in [0.2, 0.25) is 0 Å². The summed E-state index contributed by atoms with van der Waals surface area (Å²) in [7, 11) is 1.73. The molecule has 0 aliphatic carbocycles. The summed E-state index contributed by atoms with van der Waals surface area (Å²) in [5.41, 5.74) is 0.796. The monoisotopic (exact) mass is 344 g/mol. The van der Waals surface area contributed by atoms with Gasteiger partial charge in [0.2, 0.25) is 17.8 Å².